The summed E-state index contributed by atoms with van der Waals surface area (Å²) in [5.41, 5.74) is 0. The molecule has 0 amide bonds. The van der Waals surface area contributed by atoms with E-state index in [2.05, 4.69) is 15.0 Å². The summed E-state index contributed by atoms with van der Waals surface area (Å²) < 4.78 is 27.1. The van der Waals surface area contributed by atoms with E-state index in [-0.39, 0.29) is 17.0 Å². The number of pyridine rings is 1. The Morgan fingerprint density at radius 1 is 1.32 bits per heavy atom. The molecule has 6 nitrogen and oxygen atoms in total. The number of hydrogen-bond donors (Lipinski definition) is 3. The summed E-state index contributed by atoms with van der Waals surface area (Å²) in [5.74, 6) is 0.516. The molecular formula is C12H19N3O3S. The highest BCUT2D eigenvalue weighted by molar-refractivity contribution is 7.89. The van der Waals surface area contributed by atoms with Gasteiger partial charge in [-0.05, 0) is 31.7 Å². The van der Waals surface area contributed by atoms with Crippen LogP contribution in [0.4, 0.5) is 5.82 Å². The molecule has 1 saturated carbocycles. The van der Waals surface area contributed by atoms with Crippen LogP contribution in [0.3, 0.4) is 0 Å². The van der Waals surface area contributed by atoms with Crippen molar-refractivity contribution in [3.05, 3.63) is 18.3 Å². The molecule has 0 radical (unpaired) electrons. The van der Waals surface area contributed by atoms with Crippen molar-refractivity contribution < 1.29 is 13.5 Å². The Kier molecular flexibility index (Phi) is 4.38. The maximum atomic E-state index is 12.2. The van der Waals surface area contributed by atoms with Gasteiger partial charge in [0.15, 0.2) is 0 Å². The van der Waals surface area contributed by atoms with Crippen LogP contribution in [0.5, 0.6) is 0 Å². The summed E-state index contributed by atoms with van der Waals surface area (Å²) >= 11 is 0. The highest BCUT2D eigenvalue weighted by Crippen LogP contribution is 2.21. The Bertz CT molecular complexity index is 525. The lowest BCUT2D eigenvalue weighted by Gasteiger charge is -2.25. The molecule has 0 aliphatic heterocycles. The van der Waals surface area contributed by atoms with Gasteiger partial charge in [0.05, 0.1) is 11.0 Å². The van der Waals surface area contributed by atoms with Crippen molar-refractivity contribution in [1.82, 2.24) is 9.71 Å². The fourth-order valence-corrected chi connectivity index (χ4v) is 3.51. The summed E-state index contributed by atoms with van der Waals surface area (Å²) in [6, 6.07) is 2.88. The molecule has 0 aromatic carbocycles. The Labute approximate surface area is 113 Å². The lowest BCUT2D eigenvalue weighted by Crippen LogP contribution is -2.38. The zero-order valence-corrected chi connectivity index (χ0v) is 11.7. The molecule has 7 heteroatoms. The molecule has 0 spiro atoms. The zero-order valence-electron chi connectivity index (χ0n) is 10.8. The first-order valence-corrected chi connectivity index (χ1v) is 7.84. The number of sulfonamides is 1. The SMILES string of the molecule is CNc1cc(S(=O)(=O)NC2CCC(O)CC2)ccn1. The normalized spacial score (nSPS) is 24.1. The van der Waals surface area contributed by atoms with Gasteiger partial charge in [-0.25, -0.2) is 18.1 Å². The Morgan fingerprint density at radius 2 is 2.00 bits per heavy atom. The van der Waals surface area contributed by atoms with Crippen molar-refractivity contribution in [3.8, 4) is 0 Å². The van der Waals surface area contributed by atoms with Crippen LogP contribution in [0.1, 0.15) is 25.7 Å². The molecule has 0 saturated heterocycles. The van der Waals surface area contributed by atoms with Crippen molar-refractivity contribution in [1.29, 1.82) is 0 Å². The third-order valence-corrected chi connectivity index (χ3v) is 4.83. The van der Waals surface area contributed by atoms with Gasteiger partial charge in [0.2, 0.25) is 10.0 Å². The highest BCUT2D eigenvalue weighted by Gasteiger charge is 2.24. The van der Waals surface area contributed by atoms with E-state index in [4.69, 9.17) is 0 Å². The first-order chi connectivity index (χ1) is 9.01. The zero-order chi connectivity index (χ0) is 13.9. The summed E-state index contributed by atoms with van der Waals surface area (Å²) in [6.07, 6.45) is 3.80. The molecule has 0 bridgehead atoms. The minimum Gasteiger partial charge on any atom is -0.393 e. The van der Waals surface area contributed by atoms with Crippen LogP contribution < -0.4 is 10.0 Å². The standard InChI is InChI=1S/C12H19N3O3S/c1-13-12-8-11(6-7-14-12)19(17,18)15-9-2-4-10(16)5-3-9/h6-10,15-16H,2-5H2,1H3,(H,13,14). The van der Waals surface area contributed by atoms with Crippen LogP contribution in [-0.4, -0.2) is 37.7 Å². The Hall–Kier alpha value is -1.18. The average Bonchev–Trinajstić information content (AvgIpc) is 2.41. The number of rotatable bonds is 4. The second-order valence-corrected chi connectivity index (χ2v) is 6.47. The van der Waals surface area contributed by atoms with Crippen LogP contribution in [0, 0.1) is 0 Å². The second-order valence-electron chi connectivity index (χ2n) is 4.75. The van der Waals surface area contributed by atoms with Gasteiger partial charge in [-0.15, -0.1) is 0 Å². The third kappa shape index (κ3) is 3.65. The lowest BCUT2D eigenvalue weighted by molar-refractivity contribution is 0.120. The molecule has 0 unspecified atom stereocenters. The smallest absolute Gasteiger partial charge is 0.241 e. The average molecular weight is 285 g/mol. The van der Waals surface area contributed by atoms with Gasteiger partial charge in [-0.3, -0.25) is 0 Å². The predicted octanol–water partition coefficient (Wildman–Crippen LogP) is 0.705. The van der Waals surface area contributed by atoms with Gasteiger partial charge >= 0.3 is 0 Å². The number of anilines is 1. The first kappa shape index (κ1) is 14.2. The van der Waals surface area contributed by atoms with Gasteiger partial charge in [-0.1, -0.05) is 0 Å². The number of aromatic nitrogens is 1. The Morgan fingerprint density at radius 3 is 2.63 bits per heavy atom. The molecule has 1 heterocycles. The van der Waals surface area contributed by atoms with E-state index in [9.17, 15) is 13.5 Å². The van der Waals surface area contributed by atoms with Crippen molar-refractivity contribution >= 4 is 15.8 Å². The largest absolute Gasteiger partial charge is 0.393 e. The van der Waals surface area contributed by atoms with Crippen molar-refractivity contribution in [2.24, 2.45) is 0 Å². The van der Waals surface area contributed by atoms with Gasteiger partial charge in [0.1, 0.15) is 5.82 Å². The molecule has 106 valence electrons. The molecule has 3 N–H and O–H groups in total. The quantitative estimate of drug-likeness (QED) is 0.757. The van der Waals surface area contributed by atoms with Crippen molar-refractivity contribution in [2.75, 3.05) is 12.4 Å². The molecule has 19 heavy (non-hydrogen) atoms. The fraction of sp³-hybridized carbons (Fsp3) is 0.583. The van der Waals surface area contributed by atoms with Gasteiger partial charge in [0.25, 0.3) is 0 Å². The van der Waals surface area contributed by atoms with Crippen LogP contribution in [0.15, 0.2) is 23.2 Å². The second kappa shape index (κ2) is 5.85. The summed E-state index contributed by atoms with van der Waals surface area (Å²) in [5, 5.41) is 12.2. The number of nitrogens with one attached hydrogen (secondary N) is 2. The summed E-state index contributed by atoms with van der Waals surface area (Å²) in [6.45, 7) is 0. The van der Waals surface area contributed by atoms with Crippen LogP contribution in [0.2, 0.25) is 0 Å². The minimum absolute atomic E-state index is 0.0976. The number of hydrogen-bond acceptors (Lipinski definition) is 5. The molecular weight excluding hydrogens is 266 g/mol. The molecule has 0 atom stereocenters. The fourth-order valence-electron chi connectivity index (χ4n) is 2.20. The minimum atomic E-state index is -3.52. The molecule has 1 aromatic heterocycles. The van der Waals surface area contributed by atoms with Crippen molar-refractivity contribution in [3.63, 3.8) is 0 Å². The number of aliphatic hydroxyl groups excluding tert-OH is 1. The monoisotopic (exact) mass is 285 g/mol. The third-order valence-electron chi connectivity index (χ3n) is 3.32. The summed E-state index contributed by atoms with van der Waals surface area (Å²) in [4.78, 5) is 4.20. The molecule has 1 aliphatic carbocycles. The van der Waals surface area contributed by atoms with Gasteiger partial charge in [-0.2, -0.15) is 0 Å². The maximum absolute atomic E-state index is 12.2. The molecule has 1 aromatic rings. The number of nitrogens with zero attached hydrogens (tertiary/aromatic N) is 1. The predicted molar refractivity (Wildman–Crippen MR) is 72.4 cm³/mol. The van der Waals surface area contributed by atoms with Crippen molar-refractivity contribution in [2.45, 2.75) is 42.7 Å². The molecule has 1 fully saturated rings. The van der Waals surface area contributed by atoms with E-state index in [1.165, 1.54) is 18.3 Å². The van der Waals surface area contributed by atoms with E-state index in [1.54, 1.807) is 7.05 Å². The van der Waals surface area contributed by atoms with Gasteiger partial charge in [0, 0.05) is 25.4 Å². The molecule has 1 aliphatic rings. The van der Waals surface area contributed by atoms with E-state index < -0.39 is 10.0 Å². The summed E-state index contributed by atoms with van der Waals surface area (Å²) in [7, 11) is -1.83. The molecule has 2 rings (SSSR count). The van der Waals surface area contributed by atoms with Gasteiger partial charge < -0.3 is 10.4 Å². The van der Waals surface area contributed by atoms with Crippen LogP contribution in [0.25, 0.3) is 0 Å². The lowest BCUT2D eigenvalue weighted by atomic mass is 9.94. The highest BCUT2D eigenvalue weighted by atomic mass is 32.2. The first-order valence-electron chi connectivity index (χ1n) is 6.35. The van der Waals surface area contributed by atoms with Crippen LogP contribution >= 0.6 is 0 Å². The number of aliphatic hydroxyl groups is 1. The van der Waals surface area contributed by atoms with E-state index in [0.717, 1.165) is 0 Å². The topological polar surface area (TPSA) is 91.3 Å². The van der Waals surface area contributed by atoms with E-state index in [1.807, 2.05) is 0 Å². The van der Waals surface area contributed by atoms with Crippen LogP contribution in [-0.2, 0) is 10.0 Å². The Balaban J connectivity index is 2.09. The van der Waals surface area contributed by atoms with E-state index in [0.29, 0.717) is 31.5 Å². The van der Waals surface area contributed by atoms with E-state index >= 15 is 0 Å². The maximum Gasteiger partial charge on any atom is 0.241 e.